The highest BCUT2D eigenvalue weighted by Gasteiger charge is 2.42. The van der Waals surface area contributed by atoms with Crippen LogP contribution in [0.4, 0.5) is 39.5 Å². The highest BCUT2D eigenvalue weighted by atomic mass is 35.5. The van der Waals surface area contributed by atoms with Crippen LogP contribution in [-0.4, -0.2) is 24.3 Å². The molecule has 0 atom stereocenters. The summed E-state index contributed by atoms with van der Waals surface area (Å²) in [7, 11) is 0. The molecule has 0 aliphatic heterocycles. The lowest BCUT2D eigenvalue weighted by Crippen LogP contribution is -2.24. The van der Waals surface area contributed by atoms with E-state index in [2.05, 4.69) is 14.2 Å². The summed E-state index contributed by atoms with van der Waals surface area (Å²) in [5, 5.41) is -1.75. The minimum absolute atomic E-state index is 0.105. The van der Waals surface area contributed by atoms with Gasteiger partial charge in [0.2, 0.25) is 5.75 Å². The van der Waals surface area contributed by atoms with Crippen LogP contribution in [0.2, 0.25) is 0 Å². The Bertz CT molecular complexity index is 620. The van der Waals surface area contributed by atoms with E-state index in [-0.39, 0.29) is 12.1 Å². The molecule has 0 saturated carbocycles. The summed E-state index contributed by atoms with van der Waals surface area (Å²) in [6.45, 7) is 0. The molecule has 0 radical (unpaired) electrons. The molecular weight excluding hydrogens is 391 g/mol. The second-order valence-electron chi connectivity index (χ2n) is 3.69. The van der Waals surface area contributed by atoms with Crippen molar-refractivity contribution >= 4 is 16.8 Å². The molecule has 0 N–H and O–H groups in total. The van der Waals surface area contributed by atoms with E-state index >= 15 is 0 Å². The zero-order valence-corrected chi connectivity index (χ0v) is 11.3. The number of carbonyl (C=O) groups excluding carboxylic acids is 1. The quantitative estimate of drug-likeness (QED) is 0.547. The van der Waals surface area contributed by atoms with Gasteiger partial charge in [-0.2, -0.15) is 0 Å². The van der Waals surface area contributed by atoms with Crippen molar-refractivity contribution in [2.75, 3.05) is 0 Å². The number of hydrogen-bond donors (Lipinski definition) is 0. The third-order valence-corrected chi connectivity index (χ3v) is 2.15. The van der Waals surface area contributed by atoms with Crippen LogP contribution in [0, 0.1) is 0 Å². The van der Waals surface area contributed by atoms with Gasteiger partial charge in [-0.05, 0) is 23.7 Å². The first-order chi connectivity index (χ1) is 10.6. The lowest BCUT2D eigenvalue weighted by atomic mass is 10.2. The highest BCUT2D eigenvalue weighted by molar-refractivity contribution is 6.68. The molecule has 0 aliphatic carbocycles. The fraction of sp³-hybridized carbons (Fsp3) is 0.300. The summed E-state index contributed by atoms with van der Waals surface area (Å²) < 4.78 is 120. The maximum absolute atomic E-state index is 12.3. The Kier molecular flexibility index (Phi) is 5.38. The zero-order valence-electron chi connectivity index (χ0n) is 10.6. The van der Waals surface area contributed by atoms with Crippen molar-refractivity contribution in [1.82, 2.24) is 0 Å². The summed E-state index contributed by atoms with van der Waals surface area (Å²) in [6.07, 6.45) is -17.0. The van der Waals surface area contributed by atoms with Crippen molar-refractivity contribution in [3.05, 3.63) is 17.7 Å². The van der Waals surface area contributed by atoms with Crippen molar-refractivity contribution in [1.29, 1.82) is 0 Å². The van der Waals surface area contributed by atoms with Crippen LogP contribution in [0.15, 0.2) is 12.1 Å². The molecule has 1 aromatic carbocycles. The molecule has 0 fully saturated rings. The Morgan fingerprint density at radius 1 is 0.750 bits per heavy atom. The van der Waals surface area contributed by atoms with E-state index in [1.54, 1.807) is 0 Å². The normalized spacial score (nSPS) is 12.8. The zero-order chi connectivity index (χ0) is 18.9. The maximum atomic E-state index is 12.3. The van der Waals surface area contributed by atoms with Crippen molar-refractivity contribution in [2.45, 2.75) is 19.1 Å². The van der Waals surface area contributed by atoms with E-state index in [1.165, 1.54) is 0 Å². The third kappa shape index (κ3) is 6.22. The van der Waals surface area contributed by atoms with Gasteiger partial charge in [-0.1, -0.05) is 0 Å². The number of alkyl halides is 9. The molecule has 0 aromatic heterocycles. The Morgan fingerprint density at radius 3 is 1.54 bits per heavy atom. The summed E-state index contributed by atoms with van der Waals surface area (Å²) >= 11 is 4.88. The van der Waals surface area contributed by atoms with Gasteiger partial charge in [-0.15, -0.1) is 39.5 Å². The van der Waals surface area contributed by atoms with Gasteiger partial charge in [0.25, 0.3) is 5.24 Å². The van der Waals surface area contributed by atoms with Crippen LogP contribution in [0.1, 0.15) is 10.4 Å². The second-order valence-corrected chi connectivity index (χ2v) is 4.03. The average molecular weight is 393 g/mol. The fourth-order valence-corrected chi connectivity index (χ4v) is 1.48. The van der Waals surface area contributed by atoms with Gasteiger partial charge >= 0.3 is 19.1 Å². The lowest BCUT2D eigenvalue weighted by Gasteiger charge is -2.20. The van der Waals surface area contributed by atoms with Crippen molar-refractivity contribution < 1.29 is 58.5 Å². The topological polar surface area (TPSA) is 44.8 Å². The molecule has 0 bridgehead atoms. The lowest BCUT2D eigenvalue weighted by molar-refractivity contribution is -0.293. The highest BCUT2D eigenvalue weighted by Crippen LogP contribution is 2.46. The summed E-state index contributed by atoms with van der Waals surface area (Å²) in [5.74, 6) is -6.05. The molecule has 1 aromatic rings. The van der Waals surface area contributed by atoms with E-state index in [4.69, 9.17) is 11.6 Å². The third-order valence-electron chi connectivity index (χ3n) is 1.95. The Hall–Kier alpha value is -2.05. The van der Waals surface area contributed by atoms with Crippen molar-refractivity contribution in [2.24, 2.45) is 0 Å². The first-order valence-corrected chi connectivity index (χ1v) is 5.61. The predicted molar refractivity (Wildman–Crippen MR) is 56.7 cm³/mol. The summed E-state index contributed by atoms with van der Waals surface area (Å²) in [5.41, 5.74) is -1.33. The largest absolute Gasteiger partial charge is 0.573 e. The molecule has 0 heterocycles. The Labute approximate surface area is 130 Å². The van der Waals surface area contributed by atoms with Crippen LogP contribution in [0.5, 0.6) is 17.2 Å². The first kappa shape index (κ1) is 20.0. The van der Waals surface area contributed by atoms with Gasteiger partial charge in [0, 0.05) is 0 Å². The number of hydrogen-bond acceptors (Lipinski definition) is 4. The standard InChI is InChI=1S/C10H2ClF9O4/c11-7(21)3-1-2-4(22-8(12,13)14)6(24-10(18,19)20)5(3)23-9(15,16)17/h1-2H. The van der Waals surface area contributed by atoms with Crippen molar-refractivity contribution in [3.63, 3.8) is 0 Å². The van der Waals surface area contributed by atoms with Crippen LogP contribution in [0.3, 0.4) is 0 Å². The Balaban J connectivity index is 3.62. The summed E-state index contributed by atoms with van der Waals surface area (Å²) in [6, 6.07) is 0.341. The van der Waals surface area contributed by atoms with E-state index in [1.807, 2.05) is 0 Å². The number of rotatable bonds is 4. The fourth-order valence-electron chi connectivity index (χ4n) is 1.33. The molecular formula is C10H2ClF9O4. The van der Waals surface area contributed by atoms with E-state index in [9.17, 15) is 44.3 Å². The van der Waals surface area contributed by atoms with Crippen LogP contribution >= 0.6 is 11.6 Å². The van der Waals surface area contributed by atoms with E-state index in [0.29, 0.717) is 0 Å². The van der Waals surface area contributed by atoms with Gasteiger partial charge in [-0.25, -0.2) is 0 Å². The van der Waals surface area contributed by atoms with E-state index < -0.39 is 47.1 Å². The number of ether oxygens (including phenoxy) is 3. The average Bonchev–Trinajstić information content (AvgIpc) is 2.27. The minimum atomic E-state index is -5.73. The number of halogens is 10. The van der Waals surface area contributed by atoms with Gasteiger partial charge in [0.1, 0.15) is 0 Å². The SMILES string of the molecule is O=C(Cl)c1ccc(OC(F)(F)F)c(OC(F)(F)F)c1OC(F)(F)F. The molecule has 0 aliphatic rings. The van der Waals surface area contributed by atoms with Gasteiger partial charge in [0.15, 0.2) is 11.5 Å². The molecule has 14 heteroatoms. The van der Waals surface area contributed by atoms with E-state index in [0.717, 1.165) is 0 Å². The van der Waals surface area contributed by atoms with Gasteiger partial charge < -0.3 is 14.2 Å². The number of carbonyl (C=O) groups is 1. The second kappa shape index (κ2) is 6.45. The molecule has 0 saturated heterocycles. The summed E-state index contributed by atoms with van der Waals surface area (Å²) in [4.78, 5) is 11.0. The molecule has 4 nitrogen and oxygen atoms in total. The molecule has 0 amide bonds. The molecule has 1 rings (SSSR count). The molecule has 0 unspecified atom stereocenters. The maximum Gasteiger partial charge on any atom is 0.573 e. The predicted octanol–water partition coefficient (Wildman–Crippen LogP) is 4.76. The molecule has 0 spiro atoms. The first-order valence-electron chi connectivity index (χ1n) is 5.23. The van der Waals surface area contributed by atoms with Gasteiger partial charge in [0.05, 0.1) is 5.56 Å². The number of benzene rings is 1. The van der Waals surface area contributed by atoms with Crippen LogP contribution in [-0.2, 0) is 0 Å². The van der Waals surface area contributed by atoms with Crippen LogP contribution < -0.4 is 14.2 Å². The monoisotopic (exact) mass is 392 g/mol. The van der Waals surface area contributed by atoms with Crippen LogP contribution in [0.25, 0.3) is 0 Å². The molecule has 136 valence electrons. The smallest absolute Gasteiger partial charge is 0.402 e. The minimum Gasteiger partial charge on any atom is -0.402 e. The molecule has 24 heavy (non-hydrogen) atoms. The van der Waals surface area contributed by atoms with Gasteiger partial charge in [-0.3, -0.25) is 4.79 Å². The Morgan fingerprint density at radius 2 is 1.17 bits per heavy atom. The van der Waals surface area contributed by atoms with Crippen molar-refractivity contribution in [3.8, 4) is 17.2 Å².